The van der Waals surface area contributed by atoms with E-state index < -0.39 is 32.0 Å². The maximum Gasteiger partial charge on any atom is 0.573 e. The largest absolute Gasteiger partial charge is 0.573 e. The van der Waals surface area contributed by atoms with Crippen molar-refractivity contribution in [2.75, 3.05) is 20.2 Å². The summed E-state index contributed by atoms with van der Waals surface area (Å²) in [4.78, 5) is 0.581. The van der Waals surface area contributed by atoms with Crippen LogP contribution in [-0.2, 0) is 17.6 Å². The number of ether oxygens (including phenoxy) is 3. The van der Waals surface area contributed by atoms with Crippen LogP contribution in [0.15, 0.2) is 48.5 Å². The van der Waals surface area contributed by atoms with Crippen LogP contribution in [-0.4, -0.2) is 50.5 Å². The van der Waals surface area contributed by atoms with E-state index in [-0.39, 0.29) is 24.5 Å². The molecule has 0 bridgehead atoms. The van der Waals surface area contributed by atoms with Crippen molar-refractivity contribution in [3.63, 3.8) is 0 Å². The topological polar surface area (TPSA) is 30.9 Å². The molecule has 2 rings (SSSR count). The van der Waals surface area contributed by atoms with E-state index in [0.717, 1.165) is 7.05 Å². The van der Waals surface area contributed by atoms with Gasteiger partial charge in [0.15, 0.2) is 0 Å². The highest BCUT2D eigenvalue weighted by Crippen LogP contribution is 2.26. The Morgan fingerprint density at radius 3 is 2.24 bits per heavy atom. The lowest BCUT2D eigenvalue weighted by molar-refractivity contribution is -0.345. The first-order valence-corrected chi connectivity index (χ1v) is 10.1. The van der Waals surface area contributed by atoms with Gasteiger partial charge in [-0.3, -0.25) is 9.64 Å². The van der Waals surface area contributed by atoms with E-state index in [4.69, 9.17) is 4.74 Å². The first-order valence-electron chi connectivity index (χ1n) is 10.1. The van der Waals surface area contributed by atoms with Gasteiger partial charge in [-0.15, -0.1) is 26.3 Å². The second-order valence-corrected chi connectivity index (χ2v) is 7.35. The lowest BCUT2D eigenvalue weighted by Gasteiger charge is -2.23. The molecule has 0 saturated carbocycles. The Morgan fingerprint density at radius 1 is 0.882 bits per heavy atom. The summed E-state index contributed by atoms with van der Waals surface area (Å²) in [6, 6.07) is 11.9. The minimum atomic E-state index is -4.97. The first-order chi connectivity index (χ1) is 15.8. The van der Waals surface area contributed by atoms with Crippen LogP contribution in [0.5, 0.6) is 11.5 Å². The van der Waals surface area contributed by atoms with Crippen molar-refractivity contribution in [2.45, 2.75) is 44.6 Å². The number of para-hydroxylation sites is 1. The van der Waals surface area contributed by atoms with E-state index in [0.29, 0.717) is 28.9 Å². The lowest BCUT2D eigenvalue weighted by Crippen LogP contribution is -2.34. The standard InChI is InChI=1S/C22H23F8NO3/c1-31(20(23)24)12-11-18(34-22(28,29)30)14-32-19-8-3-2-6-16(19)10-9-15-5-4-7-17(13-15)33-21(25,26)27/h2-8,13,18,20H,9-12,14H2,1H3/t18-/m0/s1. The molecule has 0 N–H and O–H groups in total. The van der Waals surface area contributed by atoms with Crippen molar-refractivity contribution in [1.82, 2.24) is 4.90 Å². The second kappa shape index (κ2) is 12.2. The van der Waals surface area contributed by atoms with E-state index in [1.54, 1.807) is 24.3 Å². The fourth-order valence-electron chi connectivity index (χ4n) is 3.02. The molecule has 0 heterocycles. The van der Waals surface area contributed by atoms with Gasteiger partial charge >= 0.3 is 12.7 Å². The number of alkyl halides is 8. The van der Waals surface area contributed by atoms with Gasteiger partial charge in [-0.25, -0.2) is 0 Å². The van der Waals surface area contributed by atoms with Gasteiger partial charge in [0, 0.05) is 6.54 Å². The number of hydrogen-bond acceptors (Lipinski definition) is 4. The predicted octanol–water partition coefficient (Wildman–Crippen LogP) is 6.20. The summed E-state index contributed by atoms with van der Waals surface area (Å²) in [6.07, 6.45) is -11.1. The first kappa shape index (κ1) is 27.6. The van der Waals surface area contributed by atoms with Crippen LogP contribution in [0.25, 0.3) is 0 Å². The fourth-order valence-corrected chi connectivity index (χ4v) is 3.02. The Bertz CT molecular complexity index is 889. The zero-order chi connectivity index (χ0) is 25.4. The van der Waals surface area contributed by atoms with Crippen LogP contribution in [0.1, 0.15) is 17.5 Å². The van der Waals surface area contributed by atoms with Gasteiger partial charge < -0.3 is 9.47 Å². The molecule has 2 aromatic carbocycles. The summed E-state index contributed by atoms with van der Waals surface area (Å²) in [5.41, 5.74) is 1.14. The maximum absolute atomic E-state index is 12.7. The van der Waals surface area contributed by atoms with Gasteiger partial charge in [0.25, 0.3) is 6.55 Å². The highest BCUT2D eigenvalue weighted by atomic mass is 19.4. The van der Waals surface area contributed by atoms with Crippen LogP contribution in [0.2, 0.25) is 0 Å². The number of rotatable bonds is 12. The van der Waals surface area contributed by atoms with Crippen LogP contribution >= 0.6 is 0 Å². The molecule has 2 aromatic rings. The normalized spacial score (nSPS) is 13.4. The summed E-state index contributed by atoms with van der Waals surface area (Å²) in [7, 11) is 1.07. The Balaban J connectivity index is 2.02. The number of aryl methyl sites for hydroxylation is 2. The quantitative estimate of drug-likeness (QED) is 0.256. The number of benzene rings is 2. The molecule has 0 unspecified atom stereocenters. The Morgan fingerprint density at radius 2 is 1.59 bits per heavy atom. The summed E-state index contributed by atoms with van der Waals surface area (Å²) in [5, 5.41) is 0. The van der Waals surface area contributed by atoms with Crippen LogP contribution in [0, 0.1) is 0 Å². The van der Waals surface area contributed by atoms with E-state index in [1.165, 1.54) is 24.3 Å². The van der Waals surface area contributed by atoms with E-state index in [1.807, 2.05) is 0 Å². The highest BCUT2D eigenvalue weighted by molar-refractivity contribution is 5.35. The fraction of sp³-hybridized carbons (Fsp3) is 0.455. The number of hydrogen-bond donors (Lipinski definition) is 0. The minimum absolute atomic E-state index is 0.253. The van der Waals surface area contributed by atoms with Gasteiger partial charge in [-0.2, -0.15) is 8.78 Å². The molecule has 0 amide bonds. The number of nitrogens with zero attached hydrogens (tertiary/aromatic N) is 1. The van der Waals surface area contributed by atoms with Crippen molar-refractivity contribution >= 4 is 0 Å². The van der Waals surface area contributed by atoms with Crippen LogP contribution < -0.4 is 9.47 Å². The summed E-state index contributed by atoms with van der Waals surface area (Å²) in [6.45, 7) is -3.71. The molecule has 0 radical (unpaired) electrons. The van der Waals surface area contributed by atoms with Gasteiger partial charge in [-0.05, 0) is 55.6 Å². The van der Waals surface area contributed by atoms with Crippen molar-refractivity contribution in [3.8, 4) is 11.5 Å². The minimum Gasteiger partial charge on any atom is -0.491 e. The number of halogens is 8. The summed E-state index contributed by atoms with van der Waals surface area (Å²) >= 11 is 0. The molecule has 0 aliphatic rings. The third-order valence-electron chi connectivity index (χ3n) is 4.65. The summed E-state index contributed by atoms with van der Waals surface area (Å²) in [5.74, 6) is -0.112. The van der Waals surface area contributed by atoms with Crippen molar-refractivity contribution in [2.24, 2.45) is 0 Å². The monoisotopic (exact) mass is 501 g/mol. The Kier molecular flexibility index (Phi) is 9.92. The van der Waals surface area contributed by atoms with Crippen molar-refractivity contribution in [1.29, 1.82) is 0 Å². The van der Waals surface area contributed by atoms with Crippen LogP contribution in [0.3, 0.4) is 0 Å². The molecule has 0 fully saturated rings. The molecular weight excluding hydrogens is 478 g/mol. The summed E-state index contributed by atoms with van der Waals surface area (Å²) < 4.78 is 114. The molecular formula is C22H23F8NO3. The Hall–Kier alpha value is -2.60. The molecule has 0 aromatic heterocycles. The molecule has 1 atom stereocenters. The molecule has 0 saturated heterocycles. The molecule has 4 nitrogen and oxygen atoms in total. The van der Waals surface area contributed by atoms with E-state index >= 15 is 0 Å². The average molecular weight is 501 g/mol. The molecule has 0 aliphatic heterocycles. The van der Waals surface area contributed by atoms with Gasteiger partial charge in [0.05, 0.1) is 0 Å². The van der Waals surface area contributed by atoms with Crippen LogP contribution in [0.4, 0.5) is 35.1 Å². The van der Waals surface area contributed by atoms with Crippen molar-refractivity contribution in [3.05, 3.63) is 59.7 Å². The molecule has 34 heavy (non-hydrogen) atoms. The van der Waals surface area contributed by atoms with E-state index in [9.17, 15) is 35.1 Å². The smallest absolute Gasteiger partial charge is 0.491 e. The molecule has 190 valence electrons. The van der Waals surface area contributed by atoms with Gasteiger partial charge in [-0.1, -0.05) is 30.3 Å². The zero-order valence-electron chi connectivity index (χ0n) is 18.0. The average Bonchev–Trinajstić information content (AvgIpc) is 2.72. The third kappa shape index (κ3) is 10.6. The Labute approximate surface area is 191 Å². The zero-order valence-corrected chi connectivity index (χ0v) is 18.0. The van der Waals surface area contributed by atoms with Gasteiger partial charge in [0.1, 0.15) is 24.2 Å². The van der Waals surface area contributed by atoms with Gasteiger partial charge in [0.2, 0.25) is 0 Å². The third-order valence-corrected chi connectivity index (χ3v) is 4.65. The SMILES string of the molecule is CN(CC[C@@H](COc1ccccc1CCc1cccc(OC(F)(F)F)c1)OC(F)(F)F)C(F)F. The molecule has 12 heteroatoms. The maximum atomic E-state index is 12.7. The highest BCUT2D eigenvalue weighted by Gasteiger charge is 2.34. The molecule has 0 spiro atoms. The lowest BCUT2D eigenvalue weighted by atomic mass is 10.0. The van der Waals surface area contributed by atoms with E-state index in [2.05, 4.69) is 9.47 Å². The molecule has 0 aliphatic carbocycles. The second-order valence-electron chi connectivity index (χ2n) is 7.35. The predicted molar refractivity (Wildman–Crippen MR) is 107 cm³/mol. The van der Waals surface area contributed by atoms with Crippen molar-refractivity contribution < 1.29 is 49.3 Å².